The molecule has 0 saturated heterocycles. The van der Waals surface area contributed by atoms with Crippen LogP contribution in [0, 0.1) is 0 Å². The van der Waals surface area contributed by atoms with Gasteiger partial charge in [-0.1, -0.05) is 18.3 Å². The number of aromatic nitrogens is 2. The predicted octanol–water partition coefficient (Wildman–Crippen LogP) is 4.48. The Bertz CT molecular complexity index is 638. The molecule has 0 atom stereocenters. The number of nitrogens with one attached hydrogen (secondary N) is 1. The van der Waals surface area contributed by atoms with Crippen molar-refractivity contribution < 1.29 is 9.53 Å². The van der Waals surface area contributed by atoms with E-state index in [9.17, 15) is 4.79 Å². The van der Waals surface area contributed by atoms with Gasteiger partial charge in [-0.15, -0.1) is 10.2 Å². The van der Waals surface area contributed by atoms with Gasteiger partial charge in [-0.25, -0.2) is 0 Å². The molecule has 8 heteroatoms. The third kappa shape index (κ3) is 4.24. The molecule has 0 aliphatic rings. The van der Waals surface area contributed by atoms with Gasteiger partial charge in [0.25, 0.3) is 0 Å². The summed E-state index contributed by atoms with van der Waals surface area (Å²) in [6.45, 7) is 4.15. The summed E-state index contributed by atoms with van der Waals surface area (Å²) in [7, 11) is 0. The van der Waals surface area contributed by atoms with Crippen molar-refractivity contribution in [3.05, 3.63) is 21.1 Å². The molecule has 1 aromatic heterocycles. The Kier molecular flexibility index (Phi) is 5.72. The summed E-state index contributed by atoms with van der Waals surface area (Å²) in [5.74, 6) is 0.607. The number of amides is 1. The third-order valence-electron chi connectivity index (χ3n) is 2.40. The Morgan fingerprint density at radius 3 is 2.57 bits per heavy atom. The van der Waals surface area contributed by atoms with Crippen LogP contribution in [0.3, 0.4) is 0 Å². The van der Waals surface area contributed by atoms with Crippen molar-refractivity contribution in [2.75, 3.05) is 11.9 Å². The monoisotopic (exact) mass is 433 g/mol. The number of hydrogen-bond donors (Lipinski definition) is 1. The smallest absolute Gasteiger partial charge is 0.223 e. The first-order valence-electron chi connectivity index (χ1n) is 6.24. The number of hydrogen-bond acceptors (Lipinski definition) is 5. The van der Waals surface area contributed by atoms with Crippen LogP contribution >= 0.6 is 43.2 Å². The summed E-state index contributed by atoms with van der Waals surface area (Å²) < 4.78 is 7.37. The van der Waals surface area contributed by atoms with Crippen LogP contribution in [0.15, 0.2) is 21.1 Å². The van der Waals surface area contributed by atoms with Gasteiger partial charge in [-0.05, 0) is 50.4 Å². The summed E-state index contributed by atoms with van der Waals surface area (Å²) in [6.07, 6.45) is 0.942. The largest absolute Gasteiger partial charge is 0.491 e. The van der Waals surface area contributed by atoms with Crippen LogP contribution in [0.25, 0.3) is 10.6 Å². The molecule has 21 heavy (non-hydrogen) atoms. The lowest BCUT2D eigenvalue weighted by atomic mass is 10.2. The topological polar surface area (TPSA) is 64.1 Å². The summed E-state index contributed by atoms with van der Waals surface area (Å²) in [5, 5.41) is 11.9. The second kappa shape index (κ2) is 7.33. The van der Waals surface area contributed by atoms with Crippen LogP contribution in [0.2, 0.25) is 0 Å². The van der Waals surface area contributed by atoms with E-state index in [2.05, 4.69) is 54.3 Å². The van der Waals surface area contributed by atoms with Crippen molar-refractivity contribution in [3.8, 4) is 16.3 Å². The van der Waals surface area contributed by atoms with Gasteiger partial charge >= 0.3 is 0 Å². The third-order valence-corrected chi connectivity index (χ3v) is 4.47. The van der Waals surface area contributed by atoms with Gasteiger partial charge in [0.15, 0.2) is 0 Å². The van der Waals surface area contributed by atoms with Crippen LogP contribution in [0.5, 0.6) is 5.75 Å². The van der Waals surface area contributed by atoms with Crippen molar-refractivity contribution in [1.29, 1.82) is 0 Å². The van der Waals surface area contributed by atoms with Crippen LogP contribution < -0.4 is 10.1 Å². The van der Waals surface area contributed by atoms with Crippen LogP contribution in [-0.2, 0) is 4.79 Å². The first-order valence-corrected chi connectivity index (χ1v) is 8.64. The number of ether oxygens (including phenoxy) is 1. The molecular weight excluding hydrogens is 422 g/mol. The van der Waals surface area contributed by atoms with Gasteiger partial charge in [0.05, 0.1) is 15.6 Å². The van der Waals surface area contributed by atoms with Gasteiger partial charge in [-0.2, -0.15) is 0 Å². The van der Waals surface area contributed by atoms with Crippen molar-refractivity contribution in [1.82, 2.24) is 10.2 Å². The minimum absolute atomic E-state index is 0.164. The number of carbonyl (C=O) groups is 1. The maximum atomic E-state index is 11.0. The Morgan fingerprint density at radius 1 is 1.33 bits per heavy atom. The Labute approximate surface area is 143 Å². The fourth-order valence-corrected chi connectivity index (χ4v) is 3.76. The van der Waals surface area contributed by atoms with E-state index in [-0.39, 0.29) is 5.91 Å². The summed E-state index contributed by atoms with van der Waals surface area (Å²) in [6, 6.07) is 3.85. The van der Waals surface area contributed by atoms with E-state index in [1.165, 1.54) is 18.3 Å². The van der Waals surface area contributed by atoms with Crippen molar-refractivity contribution in [2.45, 2.75) is 20.3 Å². The fraction of sp³-hybridized carbons (Fsp3) is 0.308. The number of carbonyl (C=O) groups excluding carboxylic acids is 1. The molecule has 0 unspecified atom stereocenters. The fourth-order valence-electron chi connectivity index (χ4n) is 1.57. The Morgan fingerprint density at radius 2 is 2.00 bits per heavy atom. The zero-order chi connectivity index (χ0) is 15.4. The van der Waals surface area contributed by atoms with Gasteiger partial charge in [0.1, 0.15) is 10.8 Å². The molecule has 1 amide bonds. The Hall–Kier alpha value is -0.990. The van der Waals surface area contributed by atoms with E-state index in [1.807, 2.05) is 12.1 Å². The molecule has 1 aromatic carbocycles. The number of halogens is 2. The molecule has 1 heterocycles. The SMILES string of the molecule is CCCOc1c(Br)cc(-c2nnc(NC(C)=O)s2)cc1Br. The van der Waals surface area contributed by atoms with Crippen molar-refractivity contribution in [3.63, 3.8) is 0 Å². The minimum Gasteiger partial charge on any atom is -0.491 e. The molecule has 0 saturated carbocycles. The zero-order valence-corrected chi connectivity index (χ0v) is 15.4. The lowest BCUT2D eigenvalue weighted by Gasteiger charge is -2.10. The summed E-state index contributed by atoms with van der Waals surface area (Å²) in [4.78, 5) is 11.0. The molecule has 2 rings (SSSR count). The molecule has 112 valence electrons. The van der Waals surface area contributed by atoms with Crippen LogP contribution in [-0.4, -0.2) is 22.7 Å². The highest BCUT2D eigenvalue weighted by Crippen LogP contribution is 2.39. The van der Waals surface area contributed by atoms with Crippen molar-refractivity contribution in [2.24, 2.45) is 0 Å². The number of benzene rings is 1. The highest BCUT2D eigenvalue weighted by Gasteiger charge is 2.13. The molecule has 2 aromatic rings. The highest BCUT2D eigenvalue weighted by molar-refractivity contribution is 9.11. The van der Waals surface area contributed by atoms with E-state index in [0.717, 1.165) is 31.7 Å². The lowest BCUT2D eigenvalue weighted by molar-refractivity contribution is -0.114. The average Bonchev–Trinajstić information content (AvgIpc) is 2.85. The lowest BCUT2D eigenvalue weighted by Crippen LogP contribution is -2.04. The minimum atomic E-state index is -0.164. The zero-order valence-electron chi connectivity index (χ0n) is 11.4. The highest BCUT2D eigenvalue weighted by atomic mass is 79.9. The molecule has 5 nitrogen and oxygen atoms in total. The molecule has 0 fully saturated rings. The van der Waals surface area contributed by atoms with Crippen LogP contribution in [0.1, 0.15) is 20.3 Å². The van der Waals surface area contributed by atoms with Gasteiger partial charge in [-0.3, -0.25) is 4.79 Å². The van der Waals surface area contributed by atoms with Crippen molar-refractivity contribution >= 4 is 54.2 Å². The predicted molar refractivity (Wildman–Crippen MR) is 90.8 cm³/mol. The normalized spacial score (nSPS) is 10.5. The average molecular weight is 435 g/mol. The second-order valence-corrected chi connectivity index (χ2v) is 6.90. The molecule has 0 radical (unpaired) electrons. The van der Waals surface area contributed by atoms with E-state index in [1.54, 1.807) is 0 Å². The summed E-state index contributed by atoms with van der Waals surface area (Å²) >= 11 is 8.33. The quantitative estimate of drug-likeness (QED) is 0.753. The molecule has 0 aliphatic carbocycles. The number of rotatable bonds is 5. The number of nitrogens with zero attached hydrogens (tertiary/aromatic N) is 2. The Balaban J connectivity index is 2.28. The maximum absolute atomic E-state index is 11.0. The van der Waals surface area contributed by atoms with Crippen LogP contribution in [0.4, 0.5) is 5.13 Å². The summed E-state index contributed by atoms with van der Waals surface area (Å²) in [5.41, 5.74) is 0.895. The standard InChI is InChI=1S/C13H13Br2N3O2S/c1-3-4-20-11-9(14)5-8(6-10(11)15)12-17-18-13(21-12)16-7(2)19/h5-6H,3-4H2,1-2H3,(H,16,18,19). The molecule has 0 spiro atoms. The first-order chi connectivity index (χ1) is 10.0. The van der Waals surface area contributed by atoms with E-state index < -0.39 is 0 Å². The van der Waals surface area contributed by atoms with Gasteiger partial charge < -0.3 is 10.1 Å². The second-order valence-electron chi connectivity index (χ2n) is 4.21. The van der Waals surface area contributed by atoms with Gasteiger partial charge in [0.2, 0.25) is 11.0 Å². The maximum Gasteiger partial charge on any atom is 0.223 e. The van der Waals surface area contributed by atoms with Gasteiger partial charge in [0, 0.05) is 12.5 Å². The first kappa shape index (κ1) is 16.4. The molecular formula is C13H13Br2N3O2S. The van der Waals surface area contributed by atoms with E-state index in [4.69, 9.17) is 4.74 Å². The molecule has 0 bridgehead atoms. The van der Waals surface area contributed by atoms with E-state index >= 15 is 0 Å². The number of anilines is 1. The van der Waals surface area contributed by atoms with E-state index in [0.29, 0.717) is 11.7 Å². The molecule has 0 aliphatic heterocycles. The molecule has 1 N–H and O–H groups in total.